The van der Waals surface area contributed by atoms with Crippen LogP contribution in [0.1, 0.15) is 24.1 Å². The van der Waals surface area contributed by atoms with Crippen LogP contribution in [0.5, 0.6) is 11.6 Å². The van der Waals surface area contributed by atoms with Crippen molar-refractivity contribution in [2.24, 2.45) is 0 Å². The third kappa shape index (κ3) is 5.08. The van der Waals surface area contributed by atoms with E-state index in [0.29, 0.717) is 31.6 Å². The normalized spacial score (nSPS) is 19.4. The second-order valence-corrected chi connectivity index (χ2v) is 11.1. The van der Waals surface area contributed by atoms with Crippen LogP contribution < -0.4 is 9.47 Å². The smallest absolute Gasteiger partial charge is 0.243 e. The summed E-state index contributed by atoms with van der Waals surface area (Å²) < 4.78 is 18.8. The second-order valence-electron chi connectivity index (χ2n) is 11.1. The Kier molecular flexibility index (Phi) is 7.20. The molecule has 5 heterocycles. The van der Waals surface area contributed by atoms with Crippen molar-refractivity contribution in [2.45, 2.75) is 32.0 Å². The van der Waals surface area contributed by atoms with Gasteiger partial charge in [0.25, 0.3) is 0 Å². The number of imidazole rings is 2. The molecule has 0 bridgehead atoms. The molecule has 5 aromatic rings. The van der Waals surface area contributed by atoms with Crippen LogP contribution in [0, 0.1) is 6.92 Å². The zero-order chi connectivity index (χ0) is 29.5. The molecule has 222 valence electrons. The molecule has 43 heavy (non-hydrogen) atoms. The van der Waals surface area contributed by atoms with Crippen LogP contribution in [0.25, 0.3) is 33.2 Å². The summed E-state index contributed by atoms with van der Waals surface area (Å²) in [4.78, 5) is 36.2. The number of carbonyl (C=O) groups is 1. The van der Waals surface area contributed by atoms with Gasteiger partial charge in [0.15, 0.2) is 0 Å². The number of para-hydroxylation sites is 1. The van der Waals surface area contributed by atoms with Gasteiger partial charge in [0, 0.05) is 43.7 Å². The summed E-state index contributed by atoms with van der Waals surface area (Å²) in [5.41, 5.74) is 4.19. The molecule has 11 heteroatoms. The van der Waals surface area contributed by atoms with E-state index in [0.717, 1.165) is 70.2 Å². The fourth-order valence-corrected chi connectivity index (χ4v) is 6.34. The number of rotatable bonds is 7. The van der Waals surface area contributed by atoms with Gasteiger partial charge < -0.3 is 28.7 Å². The van der Waals surface area contributed by atoms with Crippen molar-refractivity contribution in [1.29, 1.82) is 0 Å². The van der Waals surface area contributed by atoms with E-state index in [4.69, 9.17) is 24.2 Å². The maximum absolute atomic E-state index is 14.1. The van der Waals surface area contributed by atoms with Gasteiger partial charge >= 0.3 is 0 Å². The molecule has 0 spiro atoms. The molecule has 2 aliphatic rings. The van der Waals surface area contributed by atoms with E-state index in [-0.39, 0.29) is 18.5 Å². The maximum Gasteiger partial charge on any atom is 0.243 e. The van der Waals surface area contributed by atoms with E-state index in [2.05, 4.69) is 20.9 Å². The molecule has 2 aliphatic heterocycles. The molecule has 0 aliphatic carbocycles. The van der Waals surface area contributed by atoms with Crippen LogP contribution >= 0.6 is 0 Å². The first-order chi connectivity index (χ1) is 21.0. The zero-order valence-electron chi connectivity index (χ0n) is 24.6. The quantitative estimate of drug-likeness (QED) is 0.308. The van der Waals surface area contributed by atoms with Crippen molar-refractivity contribution in [1.82, 2.24) is 34.3 Å². The van der Waals surface area contributed by atoms with Crippen LogP contribution in [0.2, 0.25) is 0 Å². The summed E-state index contributed by atoms with van der Waals surface area (Å²) in [5.74, 6) is 2.78. The fourth-order valence-electron chi connectivity index (χ4n) is 6.34. The minimum absolute atomic E-state index is 0.0143. The Hall–Kier alpha value is -4.48. The highest BCUT2D eigenvalue weighted by molar-refractivity contribution is 5.85. The van der Waals surface area contributed by atoms with Crippen molar-refractivity contribution in [3.8, 4) is 22.9 Å². The molecular formula is C32H35N7O4. The van der Waals surface area contributed by atoms with Crippen LogP contribution in [0.15, 0.2) is 54.7 Å². The Balaban J connectivity index is 1.22. The van der Waals surface area contributed by atoms with Gasteiger partial charge in [-0.05, 0) is 37.6 Å². The lowest BCUT2D eigenvalue weighted by Gasteiger charge is -2.42. The topological polar surface area (TPSA) is 111 Å². The van der Waals surface area contributed by atoms with E-state index in [1.807, 2.05) is 65.1 Å². The van der Waals surface area contributed by atoms with Crippen molar-refractivity contribution in [3.63, 3.8) is 0 Å². The number of amides is 1. The Labute approximate surface area is 249 Å². The van der Waals surface area contributed by atoms with E-state index in [9.17, 15) is 4.79 Å². The summed E-state index contributed by atoms with van der Waals surface area (Å²) in [5, 5.41) is 1.01. The minimum Gasteiger partial charge on any atom is -0.497 e. The summed E-state index contributed by atoms with van der Waals surface area (Å²) >= 11 is 0. The third-order valence-electron chi connectivity index (χ3n) is 8.68. The number of nitrogens with zero attached hydrogens (tertiary/aromatic N) is 6. The molecule has 0 radical (unpaired) electrons. The average molecular weight is 582 g/mol. The average Bonchev–Trinajstić information content (AvgIpc) is 3.81. The SMILES string of the molecule is COc1ccc2nc(C)n(CC(=O)N3CCN(C4CCOC4)C[C@H]3c3ncc(-c4cc5ccccc5nc4OC)[nH]3)c2c1. The van der Waals surface area contributed by atoms with Crippen molar-refractivity contribution >= 4 is 27.8 Å². The van der Waals surface area contributed by atoms with Crippen LogP contribution in [-0.4, -0.2) is 93.3 Å². The number of pyridine rings is 1. The van der Waals surface area contributed by atoms with Crippen LogP contribution in [-0.2, 0) is 16.1 Å². The second kappa shape index (κ2) is 11.3. The molecule has 1 unspecified atom stereocenters. The van der Waals surface area contributed by atoms with Crippen LogP contribution in [0.4, 0.5) is 0 Å². The number of H-pyrrole nitrogens is 1. The van der Waals surface area contributed by atoms with Gasteiger partial charge in [0.05, 0.1) is 54.8 Å². The van der Waals surface area contributed by atoms with Crippen molar-refractivity contribution in [3.05, 3.63) is 66.4 Å². The number of aromatic amines is 1. The number of hydrogen-bond acceptors (Lipinski definition) is 8. The molecule has 2 saturated heterocycles. The van der Waals surface area contributed by atoms with Gasteiger partial charge in [-0.15, -0.1) is 0 Å². The number of piperazine rings is 1. The predicted molar refractivity (Wildman–Crippen MR) is 162 cm³/mol. The van der Waals surface area contributed by atoms with Gasteiger partial charge in [-0.25, -0.2) is 15.0 Å². The van der Waals surface area contributed by atoms with Gasteiger partial charge in [-0.1, -0.05) is 18.2 Å². The van der Waals surface area contributed by atoms with E-state index in [1.165, 1.54) is 0 Å². The van der Waals surface area contributed by atoms with Gasteiger partial charge in [0.2, 0.25) is 11.8 Å². The number of ether oxygens (including phenoxy) is 3. The first-order valence-electron chi connectivity index (χ1n) is 14.6. The molecular weight excluding hydrogens is 546 g/mol. The van der Waals surface area contributed by atoms with Crippen LogP contribution in [0.3, 0.4) is 0 Å². The fraction of sp³-hybridized carbons (Fsp3) is 0.375. The largest absolute Gasteiger partial charge is 0.497 e. The number of aryl methyl sites for hydroxylation is 1. The summed E-state index contributed by atoms with van der Waals surface area (Å²) in [6.07, 6.45) is 2.80. The molecule has 1 amide bonds. The molecule has 0 saturated carbocycles. The summed E-state index contributed by atoms with van der Waals surface area (Å²) in [7, 11) is 3.26. The standard InChI is InChI=1S/C32H35N7O4/c1-20-34-26-9-8-23(41-2)15-28(26)39(20)18-30(40)38-12-11-37(22-10-13-43-19-22)17-29(38)31-33-16-27(35-31)24-14-21-6-4-5-7-25(21)36-32(24)42-3/h4-9,14-16,22,29H,10-13,17-19H2,1-3H3,(H,33,35)/t22?,29-/m0/s1. The minimum atomic E-state index is -0.264. The monoisotopic (exact) mass is 581 g/mol. The van der Waals surface area contributed by atoms with E-state index < -0.39 is 0 Å². The Morgan fingerprint density at radius 3 is 2.77 bits per heavy atom. The Bertz CT molecular complexity index is 1790. The number of hydrogen-bond donors (Lipinski definition) is 1. The van der Waals surface area contributed by atoms with Gasteiger partial charge in [-0.2, -0.15) is 0 Å². The highest BCUT2D eigenvalue weighted by Crippen LogP contribution is 2.33. The number of fused-ring (bicyclic) bond motifs is 2. The molecule has 1 N–H and O–H groups in total. The highest BCUT2D eigenvalue weighted by atomic mass is 16.5. The molecule has 2 fully saturated rings. The summed E-state index contributed by atoms with van der Waals surface area (Å²) in [6, 6.07) is 15.8. The molecule has 2 atom stereocenters. The molecule has 2 aromatic carbocycles. The van der Waals surface area contributed by atoms with Crippen molar-refractivity contribution < 1.29 is 19.0 Å². The third-order valence-corrected chi connectivity index (χ3v) is 8.68. The maximum atomic E-state index is 14.1. The van der Waals surface area contributed by atoms with Gasteiger partial charge in [0.1, 0.15) is 30.0 Å². The first-order valence-corrected chi connectivity index (χ1v) is 14.6. The van der Waals surface area contributed by atoms with E-state index in [1.54, 1.807) is 14.2 Å². The molecule has 11 nitrogen and oxygen atoms in total. The lowest BCUT2D eigenvalue weighted by Crippen LogP contribution is -2.54. The molecule has 3 aromatic heterocycles. The lowest BCUT2D eigenvalue weighted by molar-refractivity contribution is -0.137. The number of benzene rings is 2. The predicted octanol–water partition coefficient (Wildman–Crippen LogP) is 3.97. The van der Waals surface area contributed by atoms with Crippen molar-refractivity contribution in [2.75, 3.05) is 47.1 Å². The van der Waals surface area contributed by atoms with E-state index >= 15 is 0 Å². The first kappa shape index (κ1) is 27.4. The zero-order valence-corrected chi connectivity index (χ0v) is 24.6. The lowest BCUT2D eigenvalue weighted by atomic mass is 10.1. The number of aromatic nitrogens is 5. The highest BCUT2D eigenvalue weighted by Gasteiger charge is 2.37. The summed E-state index contributed by atoms with van der Waals surface area (Å²) in [6.45, 7) is 5.62. The van der Waals surface area contributed by atoms with Gasteiger partial charge in [-0.3, -0.25) is 9.69 Å². The Morgan fingerprint density at radius 2 is 1.95 bits per heavy atom. The number of carbonyl (C=O) groups excluding carboxylic acids is 1. The Morgan fingerprint density at radius 1 is 1.07 bits per heavy atom. The molecule has 7 rings (SSSR count). The number of methoxy groups -OCH3 is 2. The number of nitrogens with one attached hydrogen (secondary N) is 1.